The number of carbonyl (C=O) groups excluding carboxylic acids is 2. The molecule has 1 fully saturated rings. The Bertz CT molecular complexity index is 963. The van der Waals surface area contributed by atoms with Gasteiger partial charge in [0.1, 0.15) is 5.69 Å². The van der Waals surface area contributed by atoms with E-state index in [9.17, 15) is 9.59 Å². The summed E-state index contributed by atoms with van der Waals surface area (Å²) >= 11 is 0. The van der Waals surface area contributed by atoms with E-state index in [4.69, 9.17) is 10.3 Å². The van der Waals surface area contributed by atoms with Crippen molar-refractivity contribution in [3.8, 4) is 11.3 Å². The first-order valence-corrected chi connectivity index (χ1v) is 8.81. The molecule has 0 bridgehead atoms. The summed E-state index contributed by atoms with van der Waals surface area (Å²) in [5.74, 6) is -0.263. The van der Waals surface area contributed by atoms with Crippen molar-refractivity contribution in [1.82, 2.24) is 20.3 Å². The zero-order valence-electron chi connectivity index (χ0n) is 14.6. The van der Waals surface area contributed by atoms with Crippen LogP contribution in [-0.4, -0.2) is 38.6 Å². The van der Waals surface area contributed by atoms with Gasteiger partial charge in [-0.05, 0) is 25.3 Å². The molecule has 2 aromatic heterocycles. The van der Waals surface area contributed by atoms with Crippen LogP contribution in [0.25, 0.3) is 11.3 Å². The number of amides is 2. The second-order valence-corrected chi connectivity index (χ2v) is 6.53. The average molecular weight is 365 g/mol. The quantitative estimate of drug-likeness (QED) is 0.736. The zero-order valence-corrected chi connectivity index (χ0v) is 14.6. The van der Waals surface area contributed by atoms with Gasteiger partial charge >= 0.3 is 0 Å². The molecule has 3 aromatic rings. The fourth-order valence-corrected chi connectivity index (χ4v) is 3.39. The Morgan fingerprint density at radius 3 is 2.70 bits per heavy atom. The molecular weight excluding hydrogens is 346 g/mol. The van der Waals surface area contributed by atoms with Gasteiger partial charge < -0.3 is 15.2 Å². The van der Waals surface area contributed by atoms with Crippen LogP contribution in [0.5, 0.6) is 0 Å². The van der Waals surface area contributed by atoms with Gasteiger partial charge in [-0.25, -0.2) is 0 Å². The van der Waals surface area contributed by atoms with E-state index >= 15 is 0 Å². The standard InChI is InChI=1S/C19H19N5O3/c20-18(25)14-10-13(21-22-14)16-8-4-5-9-24(16)19(26)15-11-17(27-23-15)12-6-2-1-3-7-12/h1-3,6-7,10-11,16H,4-5,8-9H2,(H2,20,25)(H,21,22)/t16-/m0/s1. The molecule has 3 heterocycles. The Kier molecular flexibility index (Phi) is 4.45. The van der Waals surface area contributed by atoms with Crippen LogP contribution in [0.1, 0.15) is 52.0 Å². The third kappa shape index (κ3) is 3.33. The Labute approximate surface area is 155 Å². The number of H-pyrrole nitrogens is 1. The van der Waals surface area contributed by atoms with Crippen LogP contribution in [0.15, 0.2) is 47.0 Å². The summed E-state index contributed by atoms with van der Waals surface area (Å²) in [5.41, 5.74) is 7.26. The van der Waals surface area contributed by atoms with Gasteiger partial charge in [0, 0.05) is 18.2 Å². The lowest BCUT2D eigenvalue weighted by atomic mass is 9.98. The Morgan fingerprint density at radius 1 is 1.15 bits per heavy atom. The van der Waals surface area contributed by atoms with Gasteiger partial charge in [0.05, 0.1) is 11.7 Å². The van der Waals surface area contributed by atoms with Crippen LogP contribution in [0.4, 0.5) is 0 Å². The summed E-state index contributed by atoms with van der Waals surface area (Å²) in [6, 6.07) is 12.6. The van der Waals surface area contributed by atoms with E-state index in [0.29, 0.717) is 18.0 Å². The van der Waals surface area contributed by atoms with E-state index < -0.39 is 5.91 Å². The predicted molar refractivity (Wildman–Crippen MR) is 96.7 cm³/mol. The summed E-state index contributed by atoms with van der Waals surface area (Å²) in [5, 5.41) is 10.7. The van der Waals surface area contributed by atoms with Crippen molar-refractivity contribution in [3.63, 3.8) is 0 Å². The number of primary amides is 1. The summed E-state index contributed by atoms with van der Waals surface area (Å²) in [6.45, 7) is 0.599. The van der Waals surface area contributed by atoms with Crippen molar-refractivity contribution in [2.45, 2.75) is 25.3 Å². The minimum absolute atomic E-state index is 0.163. The molecule has 1 aliphatic heterocycles. The van der Waals surface area contributed by atoms with Crippen LogP contribution in [0.2, 0.25) is 0 Å². The monoisotopic (exact) mass is 365 g/mol. The van der Waals surface area contributed by atoms with Gasteiger partial charge in [-0.1, -0.05) is 35.5 Å². The highest BCUT2D eigenvalue weighted by Crippen LogP contribution is 2.32. The molecule has 1 saturated heterocycles. The molecule has 4 rings (SSSR count). The molecule has 138 valence electrons. The highest BCUT2D eigenvalue weighted by Gasteiger charge is 2.32. The second kappa shape index (κ2) is 7.06. The topological polar surface area (TPSA) is 118 Å². The molecular formula is C19H19N5O3. The minimum atomic E-state index is -0.602. The highest BCUT2D eigenvalue weighted by atomic mass is 16.5. The number of aromatic nitrogens is 3. The van der Waals surface area contributed by atoms with Gasteiger partial charge in [-0.15, -0.1) is 0 Å². The van der Waals surface area contributed by atoms with Gasteiger partial charge in [-0.3, -0.25) is 14.7 Å². The molecule has 1 atom stereocenters. The van der Waals surface area contributed by atoms with Crippen molar-refractivity contribution in [3.05, 3.63) is 59.5 Å². The molecule has 0 radical (unpaired) electrons. The van der Waals surface area contributed by atoms with Crippen molar-refractivity contribution in [1.29, 1.82) is 0 Å². The maximum Gasteiger partial charge on any atom is 0.276 e. The van der Waals surface area contributed by atoms with E-state index in [1.165, 1.54) is 0 Å². The summed E-state index contributed by atoms with van der Waals surface area (Å²) in [6.07, 6.45) is 2.66. The maximum atomic E-state index is 13.0. The third-order valence-corrected chi connectivity index (χ3v) is 4.76. The third-order valence-electron chi connectivity index (χ3n) is 4.76. The molecule has 8 nitrogen and oxygen atoms in total. The first-order chi connectivity index (χ1) is 13.1. The Balaban J connectivity index is 1.59. The predicted octanol–water partition coefficient (Wildman–Crippen LogP) is 2.53. The van der Waals surface area contributed by atoms with Crippen molar-refractivity contribution >= 4 is 11.8 Å². The molecule has 0 spiro atoms. The fourth-order valence-electron chi connectivity index (χ4n) is 3.39. The molecule has 27 heavy (non-hydrogen) atoms. The van der Waals surface area contributed by atoms with Crippen molar-refractivity contribution < 1.29 is 14.1 Å². The van der Waals surface area contributed by atoms with Crippen LogP contribution < -0.4 is 5.73 Å². The van der Waals surface area contributed by atoms with E-state index in [2.05, 4.69) is 15.4 Å². The fraction of sp³-hybridized carbons (Fsp3) is 0.263. The Hall–Kier alpha value is -3.42. The summed E-state index contributed by atoms with van der Waals surface area (Å²) in [4.78, 5) is 26.1. The van der Waals surface area contributed by atoms with Gasteiger partial charge in [-0.2, -0.15) is 5.10 Å². The number of aromatic amines is 1. The summed E-state index contributed by atoms with van der Waals surface area (Å²) < 4.78 is 5.36. The van der Waals surface area contributed by atoms with Crippen LogP contribution in [0, 0.1) is 0 Å². The Morgan fingerprint density at radius 2 is 1.96 bits per heavy atom. The number of nitrogens with two attached hydrogens (primary N) is 1. The van der Waals surface area contributed by atoms with Crippen LogP contribution in [-0.2, 0) is 0 Å². The molecule has 1 aromatic carbocycles. The van der Waals surface area contributed by atoms with Gasteiger partial charge in [0.15, 0.2) is 11.5 Å². The molecule has 1 aliphatic rings. The molecule has 0 saturated carbocycles. The highest BCUT2D eigenvalue weighted by molar-refractivity contribution is 5.93. The zero-order chi connectivity index (χ0) is 18.8. The average Bonchev–Trinajstić information content (AvgIpc) is 3.38. The maximum absolute atomic E-state index is 13.0. The molecule has 8 heteroatoms. The summed E-state index contributed by atoms with van der Waals surface area (Å²) in [7, 11) is 0. The number of hydrogen-bond donors (Lipinski definition) is 2. The first kappa shape index (κ1) is 17.0. The number of nitrogens with one attached hydrogen (secondary N) is 1. The number of hydrogen-bond acceptors (Lipinski definition) is 5. The number of carbonyl (C=O) groups is 2. The normalized spacial score (nSPS) is 17.0. The van der Waals surface area contributed by atoms with E-state index in [-0.39, 0.29) is 23.3 Å². The van der Waals surface area contributed by atoms with Crippen LogP contribution in [0.3, 0.4) is 0 Å². The molecule has 3 N–H and O–H groups in total. The molecule has 0 aliphatic carbocycles. The van der Waals surface area contributed by atoms with E-state index in [1.807, 2.05) is 30.3 Å². The molecule has 2 amide bonds. The van der Waals surface area contributed by atoms with E-state index in [0.717, 1.165) is 24.8 Å². The largest absolute Gasteiger partial charge is 0.364 e. The lowest BCUT2D eigenvalue weighted by Crippen LogP contribution is -2.38. The number of rotatable bonds is 4. The number of benzene rings is 1. The first-order valence-electron chi connectivity index (χ1n) is 8.81. The number of likely N-dealkylation sites (tertiary alicyclic amines) is 1. The van der Waals surface area contributed by atoms with Gasteiger partial charge in [0.25, 0.3) is 11.8 Å². The van der Waals surface area contributed by atoms with E-state index in [1.54, 1.807) is 17.0 Å². The lowest BCUT2D eigenvalue weighted by molar-refractivity contribution is 0.0595. The van der Waals surface area contributed by atoms with Crippen molar-refractivity contribution in [2.75, 3.05) is 6.54 Å². The number of piperidine rings is 1. The lowest BCUT2D eigenvalue weighted by Gasteiger charge is -2.34. The molecule has 0 unspecified atom stereocenters. The number of nitrogens with zero attached hydrogens (tertiary/aromatic N) is 3. The second-order valence-electron chi connectivity index (χ2n) is 6.53. The van der Waals surface area contributed by atoms with Crippen molar-refractivity contribution in [2.24, 2.45) is 5.73 Å². The SMILES string of the molecule is NC(=O)c1cc([C@@H]2CCCCN2C(=O)c2cc(-c3ccccc3)on2)[nH]n1. The minimum Gasteiger partial charge on any atom is -0.364 e. The smallest absolute Gasteiger partial charge is 0.276 e. The van der Waals surface area contributed by atoms with Crippen LogP contribution >= 0.6 is 0 Å². The van der Waals surface area contributed by atoms with Gasteiger partial charge in [0.2, 0.25) is 0 Å².